The van der Waals surface area contributed by atoms with E-state index in [-0.39, 0.29) is 23.6 Å². The fraction of sp³-hybridized carbons (Fsp3) is 0.462. The molecule has 0 aromatic rings. The van der Waals surface area contributed by atoms with Crippen molar-refractivity contribution in [3.05, 3.63) is 24.3 Å². The number of carboxylic acid groups (broad SMARTS) is 1. The van der Waals surface area contributed by atoms with Crippen molar-refractivity contribution in [3.8, 4) is 0 Å². The molecule has 1 aliphatic carbocycles. The van der Waals surface area contributed by atoms with Crippen molar-refractivity contribution in [3.63, 3.8) is 0 Å². The van der Waals surface area contributed by atoms with Crippen LogP contribution in [0.3, 0.4) is 0 Å². The minimum Gasteiger partial charge on any atom is -0.481 e. The Bertz CT molecular complexity index is 388. The summed E-state index contributed by atoms with van der Waals surface area (Å²) in [7, 11) is 0. The summed E-state index contributed by atoms with van der Waals surface area (Å²) >= 11 is 0. The van der Waals surface area contributed by atoms with Crippen LogP contribution < -0.4 is 5.32 Å². The first kappa shape index (κ1) is 14.2. The van der Waals surface area contributed by atoms with Crippen molar-refractivity contribution in [1.29, 1.82) is 5.41 Å². The maximum absolute atomic E-state index is 10.8. The van der Waals surface area contributed by atoms with Crippen molar-refractivity contribution < 1.29 is 14.7 Å². The van der Waals surface area contributed by atoms with Crippen LogP contribution in [0.15, 0.2) is 24.3 Å². The van der Waals surface area contributed by atoms with E-state index < -0.39 is 5.97 Å². The Kier molecular flexibility index (Phi) is 5.30. The van der Waals surface area contributed by atoms with Crippen molar-refractivity contribution >= 4 is 18.2 Å². The van der Waals surface area contributed by atoms with Crippen molar-refractivity contribution in [2.45, 2.75) is 19.8 Å². The molecule has 0 aromatic carbocycles. The van der Waals surface area contributed by atoms with Gasteiger partial charge < -0.3 is 10.4 Å². The molecule has 1 fully saturated rings. The summed E-state index contributed by atoms with van der Waals surface area (Å²) in [6.45, 7) is 2.03. The normalized spacial score (nSPS) is 24.1. The zero-order chi connectivity index (χ0) is 13.5. The molecule has 5 nitrogen and oxygen atoms in total. The fourth-order valence-corrected chi connectivity index (χ4v) is 2.02. The van der Waals surface area contributed by atoms with E-state index >= 15 is 0 Å². The standard InChI is InChI=1S/C13H18N2O3/c1-2-9(10-7-11(10)13(17)18)5-3-4-6-12(14)15-8-16/h3-6,8-11H,2,7H2,1H3,(H,17,18)(H2,14,15,16)/b5-3+,6-4+/t9-,10?,11?/m1/s1. The van der Waals surface area contributed by atoms with E-state index in [1.807, 2.05) is 13.0 Å². The third-order valence-corrected chi connectivity index (χ3v) is 3.13. The second-order valence-corrected chi connectivity index (χ2v) is 4.34. The molecule has 0 spiro atoms. The number of carbonyl (C=O) groups is 2. The van der Waals surface area contributed by atoms with Crippen LogP contribution in [0.5, 0.6) is 0 Å². The molecule has 1 rings (SSSR count). The van der Waals surface area contributed by atoms with Crippen molar-refractivity contribution in [2.24, 2.45) is 17.8 Å². The van der Waals surface area contributed by atoms with Crippen LogP contribution >= 0.6 is 0 Å². The topological polar surface area (TPSA) is 90.3 Å². The van der Waals surface area contributed by atoms with Gasteiger partial charge in [-0.2, -0.15) is 0 Å². The highest BCUT2D eigenvalue weighted by Gasteiger charge is 2.46. The van der Waals surface area contributed by atoms with Crippen LogP contribution in [0.2, 0.25) is 0 Å². The second kappa shape index (κ2) is 6.74. The van der Waals surface area contributed by atoms with Crippen LogP contribution in [-0.4, -0.2) is 23.3 Å². The third-order valence-electron chi connectivity index (χ3n) is 3.13. The Morgan fingerprint density at radius 3 is 2.78 bits per heavy atom. The lowest BCUT2D eigenvalue weighted by Gasteiger charge is -2.07. The summed E-state index contributed by atoms with van der Waals surface area (Å²) in [6.07, 6.45) is 9.02. The molecule has 18 heavy (non-hydrogen) atoms. The van der Waals surface area contributed by atoms with E-state index in [1.165, 1.54) is 6.08 Å². The van der Waals surface area contributed by atoms with Gasteiger partial charge in [-0.25, -0.2) is 0 Å². The van der Waals surface area contributed by atoms with Crippen LogP contribution in [-0.2, 0) is 9.59 Å². The lowest BCUT2D eigenvalue weighted by molar-refractivity contribution is -0.139. The third kappa shape index (κ3) is 4.16. The molecule has 0 aliphatic heterocycles. The molecule has 98 valence electrons. The van der Waals surface area contributed by atoms with Gasteiger partial charge in [-0.3, -0.25) is 15.0 Å². The van der Waals surface area contributed by atoms with Gasteiger partial charge >= 0.3 is 5.97 Å². The maximum atomic E-state index is 10.8. The van der Waals surface area contributed by atoms with Crippen LogP contribution in [0.25, 0.3) is 0 Å². The van der Waals surface area contributed by atoms with Gasteiger partial charge in [-0.1, -0.05) is 25.2 Å². The highest BCUT2D eigenvalue weighted by atomic mass is 16.4. The number of hydrogen-bond donors (Lipinski definition) is 3. The number of hydrogen-bond acceptors (Lipinski definition) is 3. The largest absolute Gasteiger partial charge is 0.481 e. The SMILES string of the molecule is CC[C@H](/C=C/C=C/C(=N)NC=O)C1CC1C(=O)O. The molecule has 2 unspecified atom stereocenters. The molecule has 0 bridgehead atoms. The highest BCUT2D eigenvalue weighted by molar-refractivity contribution is 5.96. The second-order valence-electron chi connectivity index (χ2n) is 4.34. The van der Waals surface area contributed by atoms with E-state index in [9.17, 15) is 9.59 Å². The van der Waals surface area contributed by atoms with Gasteiger partial charge in [0.05, 0.1) is 5.92 Å². The molecule has 3 N–H and O–H groups in total. The Hall–Kier alpha value is -1.91. The number of carboxylic acids is 1. The van der Waals surface area contributed by atoms with Gasteiger partial charge in [0.15, 0.2) is 0 Å². The first-order chi connectivity index (χ1) is 8.60. The van der Waals surface area contributed by atoms with Crippen molar-refractivity contribution in [1.82, 2.24) is 5.32 Å². The van der Waals surface area contributed by atoms with Gasteiger partial charge in [0.1, 0.15) is 5.84 Å². The molecule has 1 amide bonds. The fourth-order valence-electron chi connectivity index (χ4n) is 2.02. The van der Waals surface area contributed by atoms with Crippen LogP contribution in [0.4, 0.5) is 0 Å². The van der Waals surface area contributed by atoms with E-state index in [0.717, 1.165) is 12.8 Å². The van der Waals surface area contributed by atoms with Gasteiger partial charge in [0.2, 0.25) is 6.41 Å². The molecule has 3 atom stereocenters. The number of amidine groups is 1. The molecule has 0 heterocycles. The van der Waals surface area contributed by atoms with Crippen LogP contribution in [0, 0.1) is 23.2 Å². The van der Waals surface area contributed by atoms with E-state index in [2.05, 4.69) is 5.32 Å². The first-order valence-corrected chi connectivity index (χ1v) is 5.96. The molecule has 1 aliphatic rings. The van der Waals surface area contributed by atoms with Gasteiger partial charge in [0.25, 0.3) is 0 Å². The summed E-state index contributed by atoms with van der Waals surface area (Å²) in [5.41, 5.74) is 0. The van der Waals surface area contributed by atoms with E-state index in [4.69, 9.17) is 10.5 Å². The average Bonchev–Trinajstić information content (AvgIpc) is 3.09. The number of nitrogens with one attached hydrogen (secondary N) is 2. The lowest BCUT2D eigenvalue weighted by Crippen LogP contribution is -2.17. The minimum absolute atomic E-state index is 0.0255. The number of aliphatic carboxylic acids is 1. The van der Waals surface area contributed by atoms with E-state index in [1.54, 1.807) is 12.2 Å². The monoisotopic (exact) mass is 250 g/mol. The predicted octanol–water partition coefficient (Wildman–Crippen LogP) is 1.57. The molecular weight excluding hydrogens is 232 g/mol. The number of carbonyl (C=O) groups excluding carboxylic acids is 1. The predicted molar refractivity (Wildman–Crippen MR) is 68.2 cm³/mol. The Balaban J connectivity index is 2.42. The number of amides is 1. The summed E-state index contributed by atoms with van der Waals surface area (Å²) in [5, 5.41) is 18.3. The molecule has 0 radical (unpaired) electrons. The van der Waals surface area contributed by atoms with E-state index in [0.29, 0.717) is 6.41 Å². The maximum Gasteiger partial charge on any atom is 0.306 e. The van der Waals surface area contributed by atoms with Gasteiger partial charge in [0, 0.05) is 0 Å². The average molecular weight is 250 g/mol. The summed E-state index contributed by atoms with van der Waals surface area (Å²) < 4.78 is 0. The molecule has 0 saturated heterocycles. The minimum atomic E-state index is -0.709. The molecule has 5 heteroatoms. The summed E-state index contributed by atoms with van der Waals surface area (Å²) in [5.74, 6) is -0.371. The smallest absolute Gasteiger partial charge is 0.306 e. The summed E-state index contributed by atoms with van der Waals surface area (Å²) in [4.78, 5) is 20.8. The quantitative estimate of drug-likeness (QED) is 0.277. The Morgan fingerprint density at radius 1 is 1.56 bits per heavy atom. The lowest BCUT2D eigenvalue weighted by atomic mass is 9.98. The molecule has 0 aromatic heterocycles. The molecular formula is C13H18N2O3. The number of rotatable bonds is 7. The number of allylic oxidation sites excluding steroid dienone is 3. The molecule has 1 saturated carbocycles. The Morgan fingerprint density at radius 2 is 2.28 bits per heavy atom. The zero-order valence-corrected chi connectivity index (χ0v) is 10.3. The van der Waals surface area contributed by atoms with Gasteiger partial charge in [-0.05, 0) is 30.8 Å². The first-order valence-electron chi connectivity index (χ1n) is 5.96. The Labute approximate surface area is 106 Å². The highest BCUT2D eigenvalue weighted by Crippen LogP contribution is 2.46. The van der Waals surface area contributed by atoms with Crippen molar-refractivity contribution in [2.75, 3.05) is 0 Å². The van der Waals surface area contributed by atoms with Crippen LogP contribution in [0.1, 0.15) is 19.8 Å². The summed E-state index contributed by atoms with van der Waals surface area (Å²) in [6, 6.07) is 0. The zero-order valence-electron chi connectivity index (χ0n) is 10.3. The van der Waals surface area contributed by atoms with Gasteiger partial charge in [-0.15, -0.1) is 0 Å².